The van der Waals surface area contributed by atoms with Crippen molar-refractivity contribution in [2.75, 3.05) is 26.7 Å². The molecule has 1 heterocycles. The number of nitrogens with two attached hydrogens (primary N) is 1. The van der Waals surface area contributed by atoms with E-state index < -0.39 is 0 Å². The standard InChI is InChI=1S/C10H19N3OS/c1-13-4-2-3-8(7-13)6-12-10(14)5-9(11)15/h8H,2-7H2,1H3,(H2,11,15)(H,12,14). The molecule has 15 heavy (non-hydrogen) atoms. The molecule has 0 aromatic carbocycles. The highest BCUT2D eigenvalue weighted by Gasteiger charge is 2.17. The Bertz CT molecular complexity index is 245. The van der Waals surface area contributed by atoms with Crippen LogP contribution in [0, 0.1) is 5.92 Å². The van der Waals surface area contributed by atoms with E-state index in [-0.39, 0.29) is 17.3 Å². The Kier molecular flexibility index (Phi) is 4.98. The zero-order valence-electron chi connectivity index (χ0n) is 9.16. The van der Waals surface area contributed by atoms with Gasteiger partial charge in [-0.25, -0.2) is 0 Å². The van der Waals surface area contributed by atoms with E-state index in [1.165, 1.54) is 12.8 Å². The van der Waals surface area contributed by atoms with Crippen molar-refractivity contribution in [3.8, 4) is 0 Å². The molecule has 0 aliphatic carbocycles. The van der Waals surface area contributed by atoms with Crippen LogP contribution >= 0.6 is 12.2 Å². The van der Waals surface area contributed by atoms with E-state index >= 15 is 0 Å². The highest BCUT2D eigenvalue weighted by atomic mass is 32.1. The highest BCUT2D eigenvalue weighted by molar-refractivity contribution is 7.80. The van der Waals surface area contributed by atoms with Crippen LogP contribution in [-0.4, -0.2) is 42.5 Å². The minimum absolute atomic E-state index is 0.0595. The lowest BCUT2D eigenvalue weighted by Crippen LogP contribution is -2.39. The summed E-state index contributed by atoms with van der Waals surface area (Å²) in [5, 5.41) is 2.87. The van der Waals surface area contributed by atoms with Crippen LogP contribution in [0.5, 0.6) is 0 Å². The van der Waals surface area contributed by atoms with Gasteiger partial charge in [0.1, 0.15) is 0 Å². The number of hydrogen-bond acceptors (Lipinski definition) is 3. The SMILES string of the molecule is CN1CCCC(CNC(=O)CC(N)=S)C1. The van der Waals surface area contributed by atoms with Gasteiger partial charge in [-0.05, 0) is 32.4 Å². The summed E-state index contributed by atoms with van der Waals surface area (Å²) in [5.74, 6) is 0.509. The first-order valence-corrected chi connectivity index (χ1v) is 5.72. The molecule has 5 heteroatoms. The summed E-state index contributed by atoms with van der Waals surface area (Å²) in [6, 6.07) is 0. The summed E-state index contributed by atoms with van der Waals surface area (Å²) in [6.45, 7) is 2.97. The van der Waals surface area contributed by atoms with Gasteiger partial charge in [0.05, 0.1) is 11.4 Å². The molecule has 86 valence electrons. The first kappa shape index (κ1) is 12.4. The molecule has 0 bridgehead atoms. The monoisotopic (exact) mass is 229 g/mol. The minimum atomic E-state index is -0.0595. The molecule has 1 rings (SSSR count). The number of carbonyl (C=O) groups excluding carboxylic acids is 1. The molecule has 3 N–H and O–H groups in total. The van der Waals surface area contributed by atoms with Gasteiger partial charge >= 0.3 is 0 Å². The molecule has 0 radical (unpaired) electrons. The number of nitrogens with one attached hydrogen (secondary N) is 1. The fourth-order valence-electron chi connectivity index (χ4n) is 1.92. The van der Waals surface area contributed by atoms with Crippen LogP contribution in [0.2, 0.25) is 0 Å². The summed E-state index contributed by atoms with van der Waals surface area (Å²) in [7, 11) is 2.11. The predicted molar refractivity (Wildman–Crippen MR) is 64.6 cm³/mol. The van der Waals surface area contributed by atoms with Gasteiger partial charge < -0.3 is 16.0 Å². The molecule has 1 fully saturated rings. The molecular weight excluding hydrogens is 210 g/mol. The second kappa shape index (κ2) is 6.02. The van der Waals surface area contributed by atoms with E-state index in [4.69, 9.17) is 5.73 Å². The number of rotatable bonds is 4. The smallest absolute Gasteiger partial charge is 0.226 e. The van der Waals surface area contributed by atoms with Crippen LogP contribution in [0.4, 0.5) is 0 Å². The Hall–Kier alpha value is -0.680. The number of likely N-dealkylation sites (tertiary alicyclic amines) is 1. The summed E-state index contributed by atoms with van der Waals surface area (Å²) in [4.78, 5) is 13.8. The third-order valence-corrected chi connectivity index (χ3v) is 2.79. The van der Waals surface area contributed by atoms with E-state index in [0.717, 1.165) is 19.6 Å². The molecule has 0 aromatic rings. The first-order valence-electron chi connectivity index (χ1n) is 5.31. The van der Waals surface area contributed by atoms with Gasteiger partial charge in [0.2, 0.25) is 5.91 Å². The van der Waals surface area contributed by atoms with Crippen LogP contribution < -0.4 is 11.1 Å². The van der Waals surface area contributed by atoms with E-state index in [1.807, 2.05) is 0 Å². The summed E-state index contributed by atoms with van der Waals surface area (Å²) < 4.78 is 0. The van der Waals surface area contributed by atoms with Crippen LogP contribution in [0.15, 0.2) is 0 Å². The first-order chi connectivity index (χ1) is 7.08. The lowest BCUT2D eigenvalue weighted by Gasteiger charge is -2.29. The van der Waals surface area contributed by atoms with Gasteiger partial charge in [0.15, 0.2) is 0 Å². The van der Waals surface area contributed by atoms with Crippen molar-refractivity contribution in [3.05, 3.63) is 0 Å². The maximum Gasteiger partial charge on any atom is 0.226 e. The molecule has 0 spiro atoms. The van der Waals surface area contributed by atoms with Gasteiger partial charge in [-0.1, -0.05) is 12.2 Å². The fourth-order valence-corrected chi connectivity index (χ4v) is 2.05. The Morgan fingerprint density at radius 3 is 3.00 bits per heavy atom. The Labute approximate surface area is 96.2 Å². The third kappa shape index (κ3) is 5.09. The minimum Gasteiger partial charge on any atom is -0.393 e. The van der Waals surface area contributed by atoms with Gasteiger partial charge in [-0.2, -0.15) is 0 Å². The van der Waals surface area contributed by atoms with Crippen LogP contribution in [0.25, 0.3) is 0 Å². The predicted octanol–water partition coefficient (Wildman–Crippen LogP) is 0.121. The van der Waals surface area contributed by atoms with Gasteiger partial charge in [0, 0.05) is 13.1 Å². The number of hydrogen-bond donors (Lipinski definition) is 2. The zero-order valence-corrected chi connectivity index (χ0v) is 9.98. The third-order valence-electron chi connectivity index (χ3n) is 2.64. The van der Waals surface area contributed by atoms with Crippen molar-refractivity contribution in [3.63, 3.8) is 0 Å². The molecule has 4 nitrogen and oxygen atoms in total. The number of thiocarbonyl (C=S) groups is 1. The second-order valence-electron chi connectivity index (χ2n) is 4.22. The average Bonchev–Trinajstić information content (AvgIpc) is 2.14. The van der Waals surface area contributed by atoms with Crippen LogP contribution in [-0.2, 0) is 4.79 Å². The summed E-state index contributed by atoms with van der Waals surface area (Å²) >= 11 is 4.67. The quantitative estimate of drug-likeness (QED) is 0.672. The van der Waals surface area contributed by atoms with E-state index in [2.05, 4.69) is 29.5 Å². The number of piperidine rings is 1. The molecule has 1 aliphatic rings. The normalized spacial score (nSPS) is 22.3. The Balaban J connectivity index is 2.18. The van der Waals surface area contributed by atoms with Crippen molar-refractivity contribution in [1.29, 1.82) is 0 Å². The molecule has 1 aliphatic heterocycles. The van der Waals surface area contributed by atoms with Crippen molar-refractivity contribution < 1.29 is 4.79 Å². The average molecular weight is 229 g/mol. The molecule has 1 unspecified atom stereocenters. The van der Waals surface area contributed by atoms with Gasteiger partial charge in [-0.15, -0.1) is 0 Å². The molecule has 1 saturated heterocycles. The molecule has 1 atom stereocenters. The number of carbonyl (C=O) groups is 1. The van der Waals surface area contributed by atoms with Crippen molar-refractivity contribution >= 4 is 23.1 Å². The van der Waals surface area contributed by atoms with Crippen molar-refractivity contribution in [1.82, 2.24) is 10.2 Å². The van der Waals surface area contributed by atoms with Gasteiger partial charge in [-0.3, -0.25) is 4.79 Å². The van der Waals surface area contributed by atoms with E-state index in [1.54, 1.807) is 0 Å². The topological polar surface area (TPSA) is 58.4 Å². The lowest BCUT2D eigenvalue weighted by atomic mass is 9.98. The summed E-state index contributed by atoms with van der Waals surface area (Å²) in [5.41, 5.74) is 5.29. The Morgan fingerprint density at radius 1 is 1.67 bits per heavy atom. The highest BCUT2D eigenvalue weighted by Crippen LogP contribution is 2.13. The number of nitrogens with zero attached hydrogens (tertiary/aromatic N) is 1. The molecule has 1 amide bonds. The van der Waals surface area contributed by atoms with Crippen molar-refractivity contribution in [2.45, 2.75) is 19.3 Å². The summed E-state index contributed by atoms with van der Waals surface area (Å²) in [6.07, 6.45) is 2.57. The lowest BCUT2D eigenvalue weighted by molar-refractivity contribution is -0.120. The maximum atomic E-state index is 11.3. The maximum absolute atomic E-state index is 11.3. The Morgan fingerprint density at radius 2 is 2.40 bits per heavy atom. The molecule has 0 saturated carbocycles. The van der Waals surface area contributed by atoms with Crippen LogP contribution in [0.1, 0.15) is 19.3 Å². The van der Waals surface area contributed by atoms with Gasteiger partial charge in [0.25, 0.3) is 0 Å². The van der Waals surface area contributed by atoms with Crippen LogP contribution in [0.3, 0.4) is 0 Å². The fraction of sp³-hybridized carbons (Fsp3) is 0.800. The number of amides is 1. The van der Waals surface area contributed by atoms with E-state index in [9.17, 15) is 4.79 Å². The second-order valence-corrected chi connectivity index (χ2v) is 4.74. The molecule has 0 aromatic heterocycles. The van der Waals surface area contributed by atoms with E-state index in [0.29, 0.717) is 5.92 Å². The van der Waals surface area contributed by atoms with Crippen molar-refractivity contribution in [2.24, 2.45) is 11.7 Å². The zero-order chi connectivity index (χ0) is 11.3. The molecular formula is C10H19N3OS. The largest absolute Gasteiger partial charge is 0.393 e.